The van der Waals surface area contributed by atoms with Gasteiger partial charge >= 0.3 is 0 Å². The van der Waals surface area contributed by atoms with Crippen LogP contribution < -0.4 is 5.32 Å². The molecule has 0 aliphatic rings. The van der Waals surface area contributed by atoms with E-state index in [1.807, 2.05) is 6.07 Å². The zero-order chi connectivity index (χ0) is 13.0. The van der Waals surface area contributed by atoms with Gasteiger partial charge in [0.2, 0.25) is 0 Å². The molecule has 0 aliphatic carbocycles. The summed E-state index contributed by atoms with van der Waals surface area (Å²) in [6.07, 6.45) is 3.48. The fourth-order valence-corrected chi connectivity index (χ4v) is 2.35. The maximum Gasteiger partial charge on any atom is 0.0640 e. The van der Waals surface area contributed by atoms with Crippen molar-refractivity contribution >= 4 is 11.6 Å². The van der Waals surface area contributed by atoms with Gasteiger partial charge in [-0.05, 0) is 36.2 Å². The summed E-state index contributed by atoms with van der Waals surface area (Å²) in [5.41, 5.74) is 3.59. The quantitative estimate of drug-likeness (QED) is 0.906. The fraction of sp³-hybridized carbons (Fsp3) is 0.267. The molecule has 1 aromatic heterocycles. The van der Waals surface area contributed by atoms with Crippen LogP contribution in [0.5, 0.6) is 0 Å². The van der Waals surface area contributed by atoms with Gasteiger partial charge in [0.25, 0.3) is 0 Å². The van der Waals surface area contributed by atoms with Crippen molar-refractivity contribution in [2.24, 2.45) is 0 Å². The molecule has 0 radical (unpaired) electrons. The van der Waals surface area contributed by atoms with E-state index in [2.05, 4.69) is 48.4 Å². The largest absolute Gasteiger partial charge is 0.306 e. The van der Waals surface area contributed by atoms with Crippen molar-refractivity contribution in [1.82, 2.24) is 10.3 Å². The summed E-state index contributed by atoms with van der Waals surface area (Å²) in [5, 5.41) is 4.19. The molecule has 94 valence electrons. The molecule has 2 rings (SSSR count). The minimum atomic E-state index is 0.117. The van der Waals surface area contributed by atoms with Crippen LogP contribution in [-0.2, 0) is 0 Å². The predicted octanol–water partition coefficient (Wildman–Crippen LogP) is 3.74. The lowest BCUT2D eigenvalue weighted by Gasteiger charge is -2.21. The Hall–Kier alpha value is -1.38. The number of hydrogen-bond donors (Lipinski definition) is 1. The van der Waals surface area contributed by atoms with Crippen molar-refractivity contribution in [3.8, 4) is 0 Å². The lowest BCUT2D eigenvalue weighted by molar-refractivity contribution is 0.627. The first-order chi connectivity index (χ1) is 8.74. The molecule has 0 saturated heterocycles. The Morgan fingerprint density at radius 1 is 1.22 bits per heavy atom. The molecule has 0 bridgehead atoms. The first-order valence-corrected chi connectivity index (χ1v) is 6.50. The second-order valence-corrected chi connectivity index (χ2v) is 4.65. The summed E-state index contributed by atoms with van der Waals surface area (Å²) >= 11 is 6.25. The minimum Gasteiger partial charge on any atom is -0.306 e. The Bertz CT molecular complexity index is 480. The minimum absolute atomic E-state index is 0.117. The molecule has 0 fully saturated rings. The third-order valence-electron chi connectivity index (χ3n) is 3.02. The smallest absolute Gasteiger partial charge is 0.0640 e. The first-order valence-electron chi connectivity index (χ1n) is 6.12. The van der Waals surface area contributed by atoms with Gasteiger partial charge in [-0.1, -0.05) is 42.8 Å². The summed E-state index contributed by atoms with van der Waals surface area (Å²) in [4.78, 5) is 4.04. The average Bonchev–Trinajstić information content (AvgIpc) is 2.38. The van der Waals surface area contributed by atoms with E-state index < -0.39 is 0 Å². The molecule has 2 aromatic rings. The molecule has 18 heavy (non-hydrogen) atoms. The lowest BCUT2D eigenvalue weighted by Crippen LogP contribution is -2.23. The molecule has 1 atom stereocenters. The number of benzene rings is 1. The highest BCUT2D eigenvalue weighted by atomic mass is 35.5. The van der Waals surface area contributed by atoms with Crippen LogP contribution >= 0.6 is 11.6 Å². The third kappa shape index (κ3) is 2.71. The van der Waals surface area contributed by atoms with Crippen molar-refractivity contribution in [2.45, 2.75) is 19.9 Å². The van der Waals surface area contributed by atoms with Crippen LogP contribution in [-0.4, -0.2) is 11.5 Å². The van der Waals surface area contributed by atoms with Gasteiger partial charge < -0.3 is 5.32 Å². The van der Waals surface area contributed by atoms with Gasteiger partial charge in [-0.15, -0.1) is 0 Å². The van der Waals surface area contributed by atoms with E-state index in [1.54, 1.807) is 12.4 Å². The Kier molecular flexibility index (Phi) is 4.34. The van der Waals surface area contributed by atoms with E-state index in [-0.39, 0.29) is 6.04 Å². The van der Waals surface area contributed by atoms with Crippen LogP contribution in [0.25, 0.3) is 0 Å². The predicted molar refractivity (Wildman–Crippen MR) is 75.9 cm³/mol. The number of hydrogen-bond acceptors (Lipinski definition) is 2. The van der Waals surface area contributed by atoms with Crippen LogP contribution in [0.1, 0.15) is 29.7 Å². The summed E-state index contributed by atoms with van der Waals surface area (Å²) in [7, 11) is 0. The zero-order valence-corrected chi connectivity index (χ0v) is 11.4. The number of rotatable bonds is 4. The highest BCUT2D eigenvalue weighted by molar-refractivity contribution is 6.31. The van der Waals surface area contributed by atoms with Crippen LogP contribution in [0.4, 0.5) is 0 Å². The first kappa shape index (κ1) is 13.1. The fourth-order valence-electron chi connectivity index (χ4n) is 2.12. The topological polar surface area (TPSA) is 24.9 Å². The summed E-state index contributed by atoms with van der Waals surface area (Å²) in [5.74, 6) is 0. The molecule has 1 heterocycles. The van der Waals surface area contributed by atoms with Gasteiger partial charge in [0.05, 0.1) is 11.1 Å². The number of aryl methyl sites for hydroxylation is 1. The van der Waals surface area contributed by atoms with Crippen LogP contribution in [0, 0.1) is 6.92 Å². The van der Waals surface area contributed by atoms with E-state index >= 15 is 0 Å². The molecule has 0 aliphatic heterocycles. The molecule has 0 saturated carbocycles. The monoisotopic (exact) mass is 260 g/mol. The second-order valence-electron chi connectivity index (χ2n) is 4.24. The number of halogens is 1. The summed E-state index contributed by atoms with van der Waals surface area (Å²) < 4.78 is 0. The standard InChI is InChI=1S/C15H17ClN2/c1-3-18-15(12-7-5-4-6-11(12)2)13-8-9-17-10-14(13)16/h4-10,15,18H,3H2,1-2H3. The van der Waals surface area contributed by atoms with Gasteiger partial charge in [-0.2, -0.15) is 0 Å². The average molecular weight is 261 g/mol. The molecule has 0 amide bonds. The van der Waals surface area contributed by atoms with E-state index in [4.69, 9.17) is 11.6 Å². The van der Waals surface area contributed by atoms with Crippen molar-refractivity contribution in [1.29, 1.82) is 0 Å². The van der Waals surface area contributed by atoms with Crippen molar-refractivity contribution in [2.75, 3.05) is 6.54 Å². The van der Waals surface area contributed by atoms with Crippen molar-refractivity contribution in [3.05, 3.63) is 64.4 Å². The van der Waals surface area contributed by atoms with Crippen LogP contribution in [0.15, 0.2) is 42.7 Å². The normalized spacial score (nSPS) is 12.4. The maximum absolute atomic E-state index is 6.25. The molecule has 0 spiro atoms. The van der Waals surface area contributed by atoms with Crippen LogP contribution in [0.2, 0.25) is 5.02 Å². The van der Waals surface area contributed by atoms with Gasteiger partial charge in [0.1, 0.15) is 0 Å². The van der Waals surface area contributed by atoms with E-state index in [0.29, 0.717) is 5.02 Å². The number of aromatic nitrogens is 1. The summed E-state index contributed by atoms with van der Waals surface area (Å²) in [6.45, 7) is 5.10. The number of nitrogens with zero attached hydrogens (tertiary/aromatic N) is 1. The Balaban J connectivity index is 2.47. The Labute approximate surface area is 113 Å². The molecule has 2 nitrogen and oxygen atoms in total. The molecule has 3 heteroatoms. The molecular weight excluding hydrogens is 244 g/mol. The van der Waals surface area contributed by atoms with E-state index in [1.165, 1.54) is 11.1 Å². The SMILES string of the molecule is CCNC(c1ccccc1C)c1ccncc1Cl. The molecular formula is C15H17ClN2. The molecule has 1 N–H and O–H groups in total. The second kappa shape index (κ2) is 5.98. The lowest BCUT2D eigenvalue weighted by atomic mass is 9.95. The summed E-state index contributed by atoms with van der Waals surface area (Å²) in [6, 6.07) is 10.5. The van der Waals surface area contributed by atoms with Gasteiger partial charge in [-0.25, -0.2) is 0 Å². The van der Waals surface area contributed by atoms with E-state index in [0.717, 1.165) is 12.1 Å². The van der Waals surface area contributed by atoms with Gasteiger partial charge in [-0.3, -0.25) is 4.98 Å². The van der Waals surface area contributed by atoms with E-state index in [9.17, 15) is 0 Å². The molecule has 1 aromatic carbocycles. The van der Waals surface area contributed by atoms with Crippen molar-refractivity contribution in [3.63, 3.8) is 0 Å². The Morgan fingerprint density at radius 2 is 2.00 bits per heavy atom. The van der Waals surface area contributed by atoms with Crippen LogP contribution in [0.3, 0.4) is 0 Å². The zero-order valence-electron chi connectivity index (χ0n) is 10.7. The Morgan fingerprint density at radius 3 is 2.67 bits per heavy atom. The number of nitrogens with one attached hydrogen (secondary N) is 1. The number of pyridine rings is 1. The highest BCUT2D eigenvalue weighted by Crippen LogP contribution is 2.29. The van der Waals surface area contributed by atoms with Gasteiger partial charge in [0, 0.05) is 12.4 Å². The third-order valence-corrected chi connectivity index (χ3v) is 3.34. The molecule has 1 unspecified atom stereocenters. The van der Waals surface area contributed by atoms with Crippen molar-refractivity contribution < 1.29 is 0 Å². The highest BCUT2D eigenvalue weighted by Gasteiger charge is 2.17. The van der Waals surface area contributed by atoms with Gasteiger partial charge in [0.15, 0.2) is 0 Å². The maximum atomic E-state index is 6.25.